The van der Waals surface area contributed by atoms with E-state index in [-0.39, 0.29) is 11.8 Å². The van der Waals surface area contributed by atoms with Crippen LogP contribution >= 0.6 is 0 Å². The highest BCUT2D eigenvalue weighted by atomic mass is 28.3. The van der Waals surface area contributed by atoms with Gasteiger partial charge in [0.15, 0.2) is 0 Å². The number of halogens is 3. The van der Waals surface area contributed by atoms with Crippen molar-refractivity contribution in [3.8, 4) is 0 Å². The van der Waals surface area contributed by atoms with Crippen LogP contribution in [0.4, 0.5) is 47.3 Å². The first-order chi connectivity index (χ1) is 28.7. The summed E-state index contributed by atoms with van der Waals surface area (Å²) in [7, 11) is -3.17. The molecule has 0 saturated heterocycles. The van der Waals surface area contributed by atoms with E-state index in [1.165, 1.54) is 60.7 Å². The van der Waals surface area contributed by atoms with Crippen LogP contribution in [0.2, 0.25) is 39.3 Å². The molecule has 7 heteroatoms. The molecule has 0 amide bonds. The second kappa shape index (κ2) is 15.5. The molecule has 0 radical (unpaired) electrons. The molecule has 8 rings (SSSR count). The molecule has 0 aliphatic rings. The van der Waals surface area contributed by atoms with Crippen LogP contribution in [-0.4, -0.2) is 16.1 Å². The number of hydrogen-bond donors (Lipinski definition) is 0. The molecule has 0 saturated carbocycles. The highest BCUT2D eigenvalue weighted by molar-refractivity contribution is 6.89. The maximum atomic E-state index is 14.0. The molecule has 0 heterocycles. The fourth-order valence-electron chi connectivity index (χ4n) is 8.90. The molecule has 8 aromatic carbocycles. The van der Waals surface area contributed by atoms with Crippen molar-refractivity contribution in [2.24, 2.45) is 0 Å². The number of rotatable bonds is 10. The Labute approximate surface area is 362 Å². The van der Waals surface area contributed by atoms with Crippen molar-refractivity contribution in [2.45, 2.75) is 91.9 Å². The third kappa shape index (κ3) is 7.87. The van der Waals surface area contributed by atoms with Crippen molar-refractivity contribution >= 4 is 93.0 Å². The number of nitrogens with zero attached hydrogens (tertiary/aromatic N) is 2. The van der Waals surface area contributed by atoms with Crippen LogP contribution in [0.5, 0.6) is 0 Å². The Morgan fingerprint density at radius 3 is 1.05 bits per heavy atom. The Kier molecular flexibility index (Phi) is 10.8. The van der Waals surface area contributed by atoms with Gasteiger partial charge >= 0.3 is 6.18 Å². The first-order valence-corrected chi connectivity index (χ1v) is 28.6. The standard InChI is InChI=1S/C54H57F3N2Si2/c1-34(2)48-32-50(58(38-16-12-36(5)13-17-38)40-20-24-42(25-21-40)60(6,7)8)46-30-28-45-49(35(3)4)33-51(47-31-29-44(48)52(46)53(45)47)59(39-18-14-37(15-19-39)54(55,56)57)41-22-26-43(27-23-41)61(9,10)11/h12-35H,1-11H3. The zero-order valence-corrected chi connectivity index (χ0v) is 39.4. The van der Waals surface area contributed by atoms with Gasteiger partial charge in [0.05, 0.1) is 33.1 Å². The molecule has 0 aliphatic carbocycles. The number of aryl methyl sites for hydroxylation is 1. The molecule has 61 heavy (non-hydrogen) atoms. The molecular weight excluding hydrogens is 790 g/mol. The van der Waals surface area contributed by atoms with E-state index in [2.05, 4.69) is 193 Å². The predicted octanol–water partition coefficient (Wildman–Crippen LogP) is 16.2. The molecule has 0 bridgehead atoms. The van der Waals surface area contributed by atoms with Crippen molar-refractivity contribution in [1.29, 1.82) is 0 Å². The Hall–Kier alpha value is -5.38. The van der Waals surface area contributed by atoms with Crippen LogP contribution in [0.1, 0.15) is 61.8 Å². The van der Waals surface area contributed by atoms with Crippen molar-refractivity contribution in [3.63, 3.8) is 0 Å². The zero-order valence-electron chi connectivity index (χ0n) is 37.4. The minimum absolute atomic E-state index is 0.171. The van der Waals surface area contributed by atoms with Gasteiger partial charge in [-0.05, 0) is 124 Å². The van der Waals surface area contributed by atoms with Gasteiger partial charge in [-0.2, -0.15) is 13.2 Å². The lowest BCUT2D eigenvalue weighted by atomic mass is 9.84. The smallest absolute Gasteiger partial charge is 0.310 e. The molecule has 0 fully saturated rings. The second-order valence-corrected chi connectivity index (χ2v) is 29.7. The van der Waals surface area contributed by atoms with Crippen LogP contribution in [0.15, 0.2) is 133 Å². The van der Waals surface area contributed by atoms with Crippen LogP contribution in [0.25, 0.3) is 32.3 Å². The average Bonchev–Trinajstić information content (AvgIpc) is 3.20. The van der Waals surface area contributed by atoms with Crippen molar-refractivity contribution in [2.75, 3.05) is 9.80 Å². The first-order valence-electron chi connectivity index (χ1n) is 21.6. The lowest BCUT2D eigenvalue weighted by molar-refractivity contribution is -0.137. The van der Waals surface area contributed by atoms with Crippen molar-refractivity contribution < 1.29 is 13.2 Å². The summed E-state index contributed by atoms with van der Waals surface area (Å²) < 4.78 is 41.9. The molecule has 0 unspecified atom stereocenters. The fraction of sp³-hybridized carbons (Fsp3) is 0.259. The van der Waals surface area contributed by atoms with E-state index in [0.29, 0.717) is 5.69 Å². The summed E-state index contributed by atoms with van der Waals surface area (Å²) in [5.41, 5.74) is 8.85. The van der Waals surface area contributed by atoms with Gasteiger partial charge in [0, 0.05) is 33.5 Å². The summed E-state index contributed by atoms with van der Waals surface area (Å²) in [6.07, 6.45) is -4.44. The average molecular weight is 847 g/mol. The Morgan fingerprint density at radius 1 is 0.426 bits per heavy atom. The van der Waals surface area contributed by atoms with Gasteiger partial charge in [0.1, 0.15) is 0 Å². The van der Waals surface area contributed by atoms with Gasteiger partial charge in [0.2, 0.25) is 0 Å². The SMILES string of the molecule is Cc1ccc(N(c2ccc([Si](C)(C)C)cc2)c2cc(C(C)C)c3ccc4c(N(c5ccc(C(F)(F)F)cc5)c5ccc([Si](C)(C)C)cc5)cc(C(C)C)c5ccc2c3c54)cc1. The summed E-state index contributed by atoms with van der Waals surface area (Å²) in [4.78, 5) is 4.58. The summed E-state index contributed by atoms with van der Waals surface area (Å²) in [5.74, 6) is 0.403. The van der Waals surface area contributed by atoms with E-state index in [9.17, 15) is 13.2 Å². The molecule has 0 N–H and O–H groups in total. The maximum absolute atomic E-state index is 14.0. The van der Waals surface area contributed by atoms with Gasteiger partial charge in [-0.3, -0.25) is 0 Å². The lowest BCUT2D eigenvalue weighted by Gasteiger charge is -2.32. The van der Waals surface area contributed by atoms with E-state index in [1.807, 2.05) is 0 Å². The summed E-state index contributed by atoms with van der Waals surface area (Å²) in [6, 6.07) is 46.1. The van der Waals surface area contributed by atoms with E-state index < -0.39 is 27.9 Å². The van der Waals surface area contributed by atoms with Crippen molar-refractivity contribution in [1.82, 2.24) is 0 Å². The zero-order chi connectivity index (χ0) is 43.8. The molecule has 0 spiro atoms. The van der Waals surface area contributed by atoms with Crippen LogP contribution in [0.3, 0.4) is 0 Å². The van der Waals surface area contributed by atoms with Gasteiger partial charge in [-0.1, -0.05) is 144 Å². The predicted molar refractivity (Wildman–Crippen MR) is 263 cm³/mol. The Morgan fingerprint density at radius 2 is 0.738 bits per heavy atom. The molecule has 8 aromatic rings. The minimum Gasteiger partial charge on any atom is -0.310 e. The quantitative estimate of drug-likeness (QED) is 0.0999. The largest absolute Gasteiger partial charge is 0.416 e. The van der Waals surface area contributed by atoms with Crippen molar-refractivity contribution in [3.05, 3.63) is 156 Å². The van der Waals surface area contributed by atoms with Gasteiger partial charge in [-0.15, -0.1) is 0 Å². The number of alkyl halides is 3. The summed E-state index contributed by atoms with van der Waals surface area (Å²) in [5, 5.41) is 9.74. The van der Waals surface area contributed by atoms with Gasteiger partial charge in [0.25, 0.3) is 0 Å². The molecular formula is C54H57F3N2Si2. The second-order valence-electron chi connectivity index (χ2n) is 19.5. The lowest BCUT2D eigenvalue weighted by Crippen LogP contribution is -2.37. The highest BCUT2D eigenvalue weighted by Gasteiger charge is 2.31. The van der Waals surface area contributed by atoms with Crippen LogP contribution in [-0.2, 0) is 6.18 Å². The van der Waals surface area contributed by atoms with Crippen LogP contribution in [0, 0.1) is 6.92 Å². The normalized spacial score (nSPS) is 12.7. The van der Waals surface area contributed by atoms with E-state index in [4.69, 9.17) is 0 Å². The monoisotopic (exact) mass is 846 g/mol. The topological polar surface area (TPSA) is 6.48 Å². The first kappa shape index (κ1) is 42.3. The summed E-state index contributed by atoms with van der Waals surface area (Å²) in [6.45, 7) is 25.3. The molecule has 0 aromatic heterocycles. The molecule has 312 valence electrons. The third-order valence-corrected chi connectivity index (χ3v) is 16.5. The van der Waals surface area contributed by atoms with E-state index in [1.54, 1.807) is 12.1 Å². The fourth-order valence-corrected chi connectivity index (χ4v) is 11.2. The van der Waals surface area contributed by atoms with E-state index in [0.717, 1.165) is 39.2 Å². The minimum atomic E-state index is -4.44. The van der Waals surface area contributed by atoms with Gasteiger partial charge in [-0.25, -0.2) is 0 Å². The number of anilines is 6. The third-order valence-electron chi connectivity index (χ3n) is 12.4. The Bertz CT molecular complexity index is 2790. The Balaban J connectivity index is 1.47. The molecule has 0 aliphatic heterocycles. The number of benzene rings is 8. The maximum Gasteiger partial charge on any atom is 0.416 e. The van der Waals surface area contributed by atoms with E-state index >= 15 is 0 Å². The highest BCUT2D eigenvalue weighted by Crippen LogP contribution is 2.51. The number of hydrogen-bond acceptors (Lipinski definition) is 2. The molecule has 2 nitrogen and oxygen atoms in total. The molecule has 0 atom stereocenters. The van der Waals surface area contributed by atoms with Crippen LogP contribution < -0.4 is 20.2 Å². The van der Waals surface area contributed by atoms with Gasteiger partial charge < -0.3 is 9.80 Å². The summed E-state index contributed by atoms with van der Waals surface area (Å²) >= 11 is 0.